The fourth-order valence-corrected chi connectivity index (χ4v) is 2.05. The van der Waals surface area contributed by atoms with Crippen molar-refractivity contribution >= 4 is 23.3 Å². The highest BCUT2D eigenvalue weighted by atomic mass is 32.1. The summed E-state index contributed by atoms with van der Waals surface area (Å²) in [6.45, 7) is 6.31. The summed E-state index contributed by atoms with van der Waals surface area (Å²) in [5.74, 6) is -0.269. The lowest BCUT2D eigenvalue weighted by Crippen LogP contribution is -2.34. The van der Waals surface area contributed by atoms with Gasteiger partial charge in [0.25, 0.3) is 11.9 Å². The molecule has 0 radical (unpaired) electrons. The minimum absolute atomic E-state index is 0.269. The van der Waals surface area contributed by atoms with E-state index < -0.39 is 0 Å². The zero-order chi connectivity index (χ0) is 14.1. The van der Waals surface area contributed by atoms with Crippen LogP contribution in [0.2, 0.25) is 0 Å². The van der Waals surface area contributed by atoms with Gasteiger partial charge in [-0.25, -0.2) is 0 Å². The molecule has 0 aliphatic rings. The first-order valence-corrected chi connectivity index (χ1v) is 7.14. The molecule has 19 heavy (non-hydrogen) atoms. The molecular weight excluding hydrogens is 264 g/mol. The van der Waals surface area contributed by atoms with E-state index in [2.05, 4.69) is 4.99 Å². The van der Waals surface area contributed by atoms with Crippen LogP contribution in [0.4, 0.5) is 0 Å². The Kier molecular flexibility index (Phi) is 7.14. The van der Waals surface area contributed by atoms with Crippen molar-refractivity contribution in [2.45, 2.75) is 13.8 Å². The highest BCUT2D eigenvalue weighted by Gasteiger charge is 2.13. The largest absolute Gasteiger partial charge is 0.462 e. The van der Waals surface area contributed by atoms with Crippen LogP contribution in [0.5, 0.6) is 0 Å². The van der Waals surface area contributed by atoms with Crippen molar-refractivity contribution in [2.75, 3.05) is 33.4 Å². The highest BCUT2D eigenvalue weighted by molar-refractivity contribution is 7.12. The molecule has 0 aromatic carbocycles. The molecule has 0 N–H and O–H groups in total. The molecule has 1 rings (SSSR count). The maximum absolute atomic E-state index is 12.0. The minimum Gasteiger partial charge on any atom is -0.462 e. The molecule has 0 unspecified atom stereocenters. The van der Waals surface area contributed by atoms with Crippen molar-refractivity contribution in [3.63, 3.8) is 0 Å². The summed E-state index contributed by atoms with van der Waals surface area (Å²) in [4.78, 5) is 18.6. The van der Waals surface area contributed by atoms with Gasteiger partial charge in [-0.2, -0.15) is 4.99 Å². The Morgan fingerprint density at radius 1 is 1.37 bits per heavy atom. The summed E-state index contributed by atoms with van der Waals surface area (Å²) in [5.41, 5.74) is 0. The van der Waals surface area contributed by atoms with Gasteiger partial charge in [-0.3, -0.25) is 4.79 Å². The van der Waals surface area contributed by atoms with Crippen molar-refractivity contribution in [1.82, 2.24) is 4.90 Å². The second-order valence-electron chi connectivity index (χ2n) is 3.69. The van der Waals surface area contributed by atoms with Gasteiger partial charge in [0.05, 0.1) is 11.5 Å². The summed E-state index contributed by atoms with van der Waals surface area (Å²) >= 11 is 1.37. The van der Waals surface area contributed by atoms with Gasteiger partial charge in [0.2, 0.25) is 0 Å². The maximum atomic E-state index is 12.0. The van der Waals surface area contributed by atoms with Crippen LogP contribution in [-0.2, 0) is 9.47 Å². The van der Waals surface area contributed by atoms with Crippen LogP contribution in [0.15, 0.2) is 22.5 Å². The molecule has 1 aromatic rings. The summed E-state index contributed by atoms with van der Waals surface area (Å²) in [6, 6.07) is 3.95. The van der Waals surface area contributed by atoms with Gasteiger partial charge >= 0.3 is 0 Å². The van der Waals surface area contributed by atoms with Crippen LogP contribution in [0.1, 0.15) is 23.5 Å². The average Bonchev–Trinajstić information content (AvgIpc) is 2.94. The lowest BCUT2D eigenvalue weighted by Gasteiger charge is -2.22. The van der Waals surface area contributed by atoms with E-state index in [-0.39, 0.29) is 5.91 Å². The zero-order valence-corrected chi connectivity index (χ0v) is 12.4. The number of amidine groups is 1. The van der Waals surface area contributed by atoms with Gasteiger partial charge in [0.1, 0.15) is 6.61 Å². The van der Waals surface area contributed by atoms with Crippen LogP contribution in [0, 0.1) is 0 Å². The number of amides is 1. The molecule has 0 fully saturated rings. The Morgan fingerprint density at radius 2 is 2.11 bits per heavy atom. The molecular formula is C13H20N2O3S. The number of carbonyl (C=O) groups is 1. The number of nitrogens with zero attached hydrogens (tertiary/aromatic N) is 2. The molecule has 106 valence electrons. The Balaban J connectivity index is 2.78. The average molecular weight is 284 g/mol. The number of ether oxygens (including phenoxy) is 2. The van der Waals surface area contributed by atoms with Gasteiger partial charge in [0, 0.05) is 20.2 Å². The first kappa shape index (κ1) is 15.7. The molecule has 0 bridgehead atoms. The molecule has 0 saturated carbocycles. The monoisotopic (exact) mass is 284 g/mol. The van der Waals surface area contributed by atoms with Gasteiger partial charge in [-0.1, -0.05) is 6.07 Å². The van der Waals surface area contributed by atoms with E-state index in [1.165, 1.54) is 11.3 Å². The van der Waals surface area contributed by atoms with E-state index in [9.17, 15) is 4.79 Å². The minimum atomic E-state index is -0.269. The molecule has 1 aromatic heterocycles. The van der Waals surface area contributed by atoms with Crippen LogP contribution in [0.25, 0.3) is 0 Å². The number of rotatable bonds is 6. The Bertz CT molecular complexity index is 400. The Hall–Kier alpha value is -1.40. The predicted octanol–water partition coefficient (Wildman–Crippen LogP) is 2.25. The van der Waals surface area contributed by atoms with Gasteiger partial charge < -0.3 is 14.4 Å². The van der Waals surface area contributed by atoms with Crippen molar-refractivity contribution in [3.05, 3.63) is 22.4 Å². The molecule has 0 atom stereocenters. The molecule has 6 heteroatoms. The Morgan fingerprint density at radius 3 is 2.63 bits per heavy atom. The first-order valence-electron chi connectivity index (χ1n) is 6.26. The number of hydrogen-bond donors (Lipinski definition) is 0. The number of thiophene rings is 1. The standard InChI is InChI=1S/C13H20N2O3S/c1-4-15(5-2)13(18-9-8-17-3)14-12(16)11-7-6-10-19-11/h6-7,10H,4-5,8-9H2,1-3H3. The zero-order valence-electron chi connectivity index (χ0n) is 11.6. The molecule has 0 spiro atoms. The molecule has 5 nitrogen and oxygen atoms in total. The summed E-state index contributed by atoms with van der Waals surface area (Å²) in [7, 11) is 1.61. The van der Waals surface area contributed by atoms with E-state index in [1.54, 1.807) is 13.2 Å². The van der Waals surface area contributed by atoms with E-state index in [0.29, 0.717) is 24.1 Å². The number of aliphatic imine (C=N–C) groups is 1. The third-order valence-electron chi connectivity index (χ3n) is 2.48. The quantitative estimate of drug-likeness (QED) is 0.457. The number of hydrogen-bond acceptors (Lipinski definition) is 4. The van der Waals surface area contributed by atoms with E-state index >= 15 is 0 Å². The molecule has 1 amide bonds. The highest BCUT2D eigenvalue weighted by Crippen LogP contribution is 2.10. The van der Waals surface area contributed by atoms with E-state index in [0.717, 1.165) is 13.1 Å². The second kappa shape index (κ2) is 8.66. The summed E-state index contributed by atoms with van der Waals surface area (Å²) in [5, 5.41) is 1.85. The molecule has 1 heterocycles. The fraction of sp³-hybridized carbons (Fsp3) is 0.538. The smallest absolute Gasteiger partial charge is 0.295 e. The Labute approximate surface area is 117 Å². The van der Waals surface area contributed by atoms with Crippen LogP contribution >= 0.6 is 11.3 Å². The SMILES string of the molecule is CCN(CC)C(=NC(=O)c1cccs1)OCCOC. The van der Waals surface area contributed by atoms with Crippen molar-refractivity contribution in [2.24, 2.45) is 4.99 Å². The number of carbonyl (C=O) groups excluding carboxylic acids is 1. The molecule has 0 aliphatic carbocycles. The molecule has 0 aliphatic heterocycles. The maximum Gasteiger partial charge on any atom is 0.295 e. The second-order valence-corrected chi connectivity index (χ2v) is 4.64. The summed E-state index contributed by atoms with van der Waals surface area (Å²) in [6.07, 6.45) is 0. The lowest BCUT2D eigenvalue weighted by molar-refractivity contribution is 0.0986. The predicted molar refractivity (Wildman–Crippen MR) is 76.8 cm³/mol. The van der Waals surface area contributed by atoms with Crippen LogP contribution in [-0.4, -0.2) is 50.2 Å². The topological polar surface area (TPSA) is 51.1 Å². The molecule has 0 saturated heterocycles. The van der Waals surface area contributed by atoms with Crippen LogP contribution in [0.3, 0.4) is 0 Å². The fourth-order valence-electron chi connectivity index (χ4n) is 1.45. The first-order chi connectivity index (χ1) is 9.22. The van der Waals surface area contributed by atoms with Crippen molar-refractivity contribution in [1.29, 1.82) is 0 Å². The van der Waals surface area contributed by atoms with Crippen molar-refractivity contribution in [3.8, 4) is 0 Å². The third-order valence-corrected chi connectivity index (χ3v) is 3.34. The normalized spacial score (nSPS) is 11.4. The lowest BCUT2D eigenvalue weighted by atomic mass is 10.4. The number of methoxy groups -OCH3 is 1. The van der Waals surface area contributed by atoms with Gasteiger partial charge in [-0.15, -0.1) is 11.3 Å². The van der Waals surface area contributed by atoms with E-state index in [4.69, 9.17) is 9.47 Å². The van der Waals surface area contributed by atoms with Gasteiger partial charge in [0.15, 0.2) is 0 Å². The van der Waals surface area contributed by atoms with Crippen molar-refractivity contribution < 1.29 is 14.3 Å². The van der Waals surface area contributed by atoms with Crippen LogP contribution < -0.4 is 0 Å². The van der Waals surface area contributed by atoms with E-state index in [1.807, 2.05) is 30.2 Å². The van der Waals surface area contributed by atoms with Gasteiger partial charge in [-0.05, 0) is 25.3 Å². The summed E-state index contributed by atoms with van der Waals surface area (Å²) < 4.78 is 10.5. The third kappa shape index (κ3) is 5.00.